The van der Waals surface area contributed by atoms with Crippen molar-refractivity contribution in [3.05, 3.63) is 22.5 Å². The summed E-state index contributed by atoms with van der Waals surface area (Å²) in [5, 5.41) is 14.5. The maximum atomic E-state index is 10.5. The van der Waals surface area contributed by atoms with Gasteiger partial charge < -0.3 is 5.73 Å². The largest absolute Gasteiger partial charge is 0.326 e. The van der Waals surface area contributed by atoms with E-state index in [0.29, 0.717) is 0 Å². The summed E-state index contributed by atoms with van der Waals surface area (Å²) < 4.78 is 1.64. The maximum absolute atomic E-state index is 10.5. The summed E-state index contributed by atoms with van der Waals surface area (Å²) in [7, 11) is 0. The van der Waals surface area contributed by atoms with E-state index < -0.39 is 4.92 Å². The lowest BCUT2D eigenvalue weighted by atomic mass is 9.91. The normalized spacial score (nSPS) is 26.5. The van der Waals surface area contributed by atoms with Crippen molar-refractivity contribution in [1.29, 1.82) is 0 Å². The molecule has 1 aromatic heterocycles. The van der Waals surface area contributed by atoms with Crippen molar-refractivity contribution < 1.29 is 4.92 Å². The van der Waals surface area contributed by atoms with Gasteiger partial charge in [-0.1, -0.05) is 12.8 Å². The number of nitrogens with zero attached hydrogens (tertiary/aromatic N) is 3. The SMILES string of the molecule is NC1CCCCC1n1cc([N+](=O)[O-])cn1. The number of rotatable bonds is 2. The van der Waals surface area contributed by atoms with E-state index in [0.717, 1.165) is 25.7 Å². The minimum Gasteiger partial charge on any atom is -0.326 e. The van der Waals surface area contributed by atoms with Crippen molar-refractivity contribution in [1.82, 2.24) is 9.78 Å². The molecule has 1 aromatic rings. The molecular formula is C9H14N4O2. The van der Waals surface area contributed by atoms with Crippen molar-refractivity contribution in [2.45, 2.75) is 37.8 Å². The Kier molecular flexibility index (Phi) is 2.68. The molecule has 2 N–H and O–H groups in total. The van der Waals surface area contributed by atoms with Gasteiger partial charge in [0.25, 0.3) is 0 Å². The van der Waals surface area contributed by atoms with E-state index in [1.165, 1.54) is 12.4 Å². The minimum atomic E-state index is -0.433. The Morgan fingerprint density at radius 1 is 1.53 bits per heavy atom. The lowest BCUT2D eigenvalue weighted by Crippen LogP contribution is -2.35. The zero-order chi connectivity index (χ0) is 10.8. The van der Waals surface area contributed by atoms with Crippen molar-refractivity contribution >= 4 is 5.69 Å². The third-order valence-electron chi connectivity index (χ3n) is 2.92. The molecule has 6 nitrogen and oxygen atoms in total. The predicted molar refractivity (Wildman–Crippen MR) is 54.4 cm³/mol. The van der Waals surface area contributed by atoms with Crippen LogP contribution in [-0.2, 0) is 0 Å². The summed E-state index contributed by atoms with van der Waals surface area (Å²) in [6, 6.07) is 0.186. The van der Waals surface area contributed by atoms with Gasteiger partial charge in [0.05, 0.1) is 11.0 Å². The molecule has 2 atom stereocenters. The second-order valence-corrected chi connectivity index (χ2v) is 3.95. The van der Waals surface area contributed by atoms with Crippen LogP contribution in [0, 0.1) is 10.1 Å². The van der Waals surface area contributed by atoms with Crippen LogP contribution in [0.2, 0.25) is 0 Å². The fourth-order valence-corrected chi connectivity index (χ4v) is 2.07. The van der Waals surface area contributed by atoms with Crippen LogP contribution in [0.3, 0.4) is 0 Å². The first-order valence-electron chi connectivity index (χ1n) is 5.12. The average molecular weight is 210 g/mol. The molecule has 0 aliphatic heterocycles. The third-order valence-corrected chi connectivity index (χ3v) is 2.92. The molecule has 1 aliphatic rings. The summed E-state index contributed by atoms with van der Waals surface area (Å²) in [5.74, 6) is 0. The molecule has 2 rings (SSSR count). The van der Waals surface area contributed by atoms with Crippen molar-refractivity contribution in [3.63, 3.8) is 0 Å². The molecule has 6 heteroatoms. The van der Waals surface area contributed by atoms with Crippen molar-refractivity contribution in [2.75, 3.05) is 0 Å². The summed E-state index contributed by atoms with van der Waals surface area (Å²) in [6.45, 7) is 0. The molecule has 1 heterocycles. The average Bonchev–Trinajstić information content (AvgIpc) is 2.67. The first kappa shape index (κ1) is 10.1. The van der Waals surface area contributed by atoms with Gasteiger partial charge in [0.1, 0.15) is 12.4 Å². The van der Waals surface area contributed by atoms with Gasteiger partial charge >= 0.3 is 5.69 Å². The number of hydrogen-bond donors (Lipinski definition) is 1. The topological polar surface area (TPSA) is 87.0 Å². The van der Waals surface area contributed by atoms with Crippen LogP contribution in [0.15, 0.2) is 12.4 Å². The van der Waals surface area contributed by atoms with E-state index >= 15 is 0 Å². The fourth-order valence-electron chi connectivity index (χ4n) is 2.07. The van der Waals surface area contributed by atoms with E-state index in [2.05, 4.69) is 5.10 Å². The zero-order valence-electron chi connectivity index (χ0n) is 8.37. The predicted octanol–water partition coefficient (Wildman–Crippen LogP) is 1.23. The van der Waals surface area contributed by atoms with Crippen molar-refractivity contribution in [2.24, 2.45) is 5.73 Å². The molecule has 0 aromatic carbocycles. The van der Waals surface area contributed by atoms with Gasteiger partial charge in [0.2, 0.25) is 0 Å². The Bertz CT molecular complexity index is 363. The monoisotopic (exact) mass is 210 g/mol. The minimum absolute atomic E-state index is 0.0350. The Balaban J connectivity index is 2.17. The van der Waals surface area contributed by atoms with Gasteiger partial charge in [-0.25, -0.2) is 0 Å². The van der Waals surface area contributed by atoms with E-state index in [1.807, 2.05) is 0 Å². The Morgan fingerprint density at radius 2 is 2.27 bits per heavy atom. The smallest absolute Gasteiger partial charge is 0.307 e. The second-order valence-electron chi connectivity index (χ2n) is 3.95. The zero-order valence-corrected chi connectivity index (χ0v) is 8.37. The molecule has 1 saturated carbocycles. The van der Waals surface area contributed by atoms with Crippen LogP contribution >= 0.6 is 0 Å². The standard InChI is InChI=1S/C9H14N4O2/c10-8-3-1-2-4-9(8)12-6-7(5-11-12)13(14)15/h5-6,8-9H,1-4,10H2. The molecule has 15 heavy (non-hydrogen) atoms. The number of nitrogens with two attached hydrogens (primary N) is 1. The first-order chi connectivity index (χ1) is 7.18. The van der Waals surface area contributed by atoms with Gasteiger partial charge in [0, 0.05) is 6.04 Å². The molecule has 2 unspecified atom stereocenters. The summed E-state index contributed by atoms with van der Waals surface area (Å²) in [6.07, 6.45) is 6.93. The van der Waals surface area contributed by atoms with Crippen LogP contribution in [0.25, 0.3) is 0 Å². The quantitative estimate of drug-likeness (QED) is 0.587. The fraction of sp³-hybridized carbons (Fsp3) is 0.667. The Labute approximate surface area is 87.2 Å². The van der Waals surface area contributed by atoms with E-state index in [1.54, 1.807) is 4.68 Å². The molecule has 0 amide bonds. The van der Waals surface area contributed by atoms with Gasteiger partial charge in [-0.05, 0) is 12.8 Å². The van der Waals surface area contributed by atoms with E-state index in [4.69, 9.17) is 5.73 Å². The molecule has 1 aliphatic carbocycles. The Hall–Kier alpha value is -1.43. The van der Waals surface area contributed by atoms with Gasteiger partial charge in [-0.15, -0.1) is 0 Å². The molecular weight excluding hydrogens is 196 g/mol. The van der Waals surface area contributed by atoms with Crippen LogP contribution < -0.4 is 5.73 Å². The van der Waals surface area contributed by atoms with E-state index in [9.17, 15) is 10.1 Å². The molecule has 82 valence electrons. The van der Waals surface area contributed by atoms with Crippen LogP contribution in [0.1, 0.15) is 31.7 Å². The highest BCUT2D eigenvalue weighted by atomic mass is 16.6. The highest BCUT2D eigenvalue weighted by Crippen LogP contribution is 2.27. The summed E-state index contributed by atoms with van der Waals surface area (Å²) in [4.78, 5) is 10.1. The molecule has 0 radical (unpaired) electrons. The highest BCUT2D eigenvalue weighted by Gasteiger charge is 2.25. The molecule has 0 spiro atoms. The second kappa shape index (κ2) is 3.98. The maximum Gasteiger partial charge on any atom is 0.307 e. The van der Waals surface area contributed by atoms with Crippen LogP contribution in [0.4, 0.5) is 5.69 Å². The molecule has 1 fully saturated rings. The highest BCUT2D eigenvalue weighted by molar-refractivity contribution is 5.21. The van der Waals surface area contributed by atoms with Gasteiger partial charge in [-0.3, -0.25) is 14.8 Å². The summed E-state index contributed by atoms with van der Waals surface area (Å²) >= 11 is 0. The third kappa shape index (κ3) is 1.99. The van der Waals surface area contributed by atoms with Crippen LogP contribution in [0.5, 0.6) is 0 Å². The van der Waals surface area contributed by atoms with Crippen molar-refractivity contribution in [3.8, 4) is 0 Å². The van der Waals surface area contributed by atoms with Gasteiger partial charge in [-0.2, -0.15) is 5.10 Å². The van der Waals surface area contributed by atoms with E-state index in [-0.39, 0.29) is 17.8 Å². The number of nitro groups is 1. The first-order valence-corrected chi connectivity index (χ1v) is 5.12. The lowest BCUT2D eigenvalue weighted by Gasteiger charge is -2.28. The number of hydrogen-bond acceptors (Lipinski definition) is 4. The summed E-state index contributed by atoms with van der Waals surface area (Å²) in [5.41, 5.74) is 6.00. The number of aromatic nitrogens is 2. The van der Waals surface area contributed by atoms with Gasteiger partial charge in [0.15, 0.2) is 0 Å². The lowest BCUT2D eigenvalue weighted by molar-refractivity contribution is -0.385. The Morgan fingerprint density at radius 3 is 2.87 bits per heavy atom. The molecule has 0 bridgehead atoms. The molecule has 0 saturated heterocycles. The van der Waals surface area contributed by atoms with Crippen LogP contribution in [-0.4, -0.2) is 20.7 Å².